The largest absolute Gasteiger partial charge is 0.478 e. The number of aromatic nitrogens is 4. The summed E-state index contributed by atoms with van der Waals surface area (Å²) in [5.41, 5.74) is 6.05. The number of imidazole rings is 1. The van der Waals surface area contributed by atoms with Gasteiger partial charge in [-0.25, -0.2) is 9.78 Å². The van der Waals surface area contributed by atoms with Crippen molar-refractivity contribution in [3.8, 4) is 11.4 Å². The number of carboxylic acids is 1. The second-order valence-electron chi connectivity index (χ2n) is 4.12. The SMILES string of the molecule is Nc1nc2nc(-c3cccc(C(=O)O)c3)[nH]c2c(=O)[nH]1. The number of nitrogens with zero attached hydrogens (tertiary/aromatic N) is 2. The molecule has 0 aliphatic rings. The Morgan fingerprint density at radius 3 is 2.80 bits per heavy atom. The predicted octanol–water partition coefficient (Wildman–Crippen LogP) is 0.594. The molecule has 100 valence electrons. The Morgan fingerprint density at radius 2 is 2.05 bits per heavy atom. The third kappa shape index (κ3) is 1.88. The highest BCUT2D eigenvalue weighted by Gasteiger charge is 2.11. The molecular weight excluding hydrogens is 262 g/mol. The van der Waals surface area contributed by atoms with Gasteiger partial charge in [0.15, 0.2) is 11.2 Å². The molecule has 2 heterocycles. The number of nitrogen functional groups attached to an aromatic ring is 1. The molecule has 0 fully saturated rings. The first-order valence-electron chi connectivity index (χ1n) is 5.64. The Bertz CT molecular complexity index is 880. The van der Waals surface area contributed by atoms with Crippen molar-refractivity contribution in [2.45, 2.75) is 0 Å². The highest BCUT2D eigenvalue weighted by molar-refractivity contribution is 5.89. The molecule has 8 nitrogen and oxygen atoms in total. The summed E-state index contributed by atoms with van der Waals surface area (Å²) in [5.74, 6) is -0.713. The summed E-state index contributed by atoms with van der Waals surface area (Å²) in [4.78, 5) is 35.8. The maximum absolute atomic E-state index is 11.7. The average molecular weight is 271 g/mol. The predicted molar refractivity (Wildman–Crippen MR) is 71.3 cm³/mol. The fraction of sp³-hybridized carbons (Fsp3) is 0. The number of fused-ring (bicyclic) bond motifs is 1. The second-order valence-corrected chi connectivity index (χ2v) is 4.12. The van der Waals surface area contributed by atoms with Gasteiger partial charge in [0.1, 0.15) is 5.82 Å². The van der Waals surface area contributed by atoms with Crippen LogP contribution in [-0.4, -0.2) is 31.0 Å². The van der Waals surface area contributed by atoms with Crippen LogP contribution in [0.5, 0.6) is 0 Å². The normalized spacial score (nSPS) is 10.8. The van der Waals surface area contributed by atoms with Crippen LogP contribution in [0.1, 0.15) is 10.4 Å². The number of hydrogen-bond donors (Lipinski definition) is 4. The molecule has 0 saturated heterocycles. The Kier molecular flexibility index (Phi) is 2.50. The number of rotatable bonds is 2. The van der Waals surface area contributed by atoms with Crippen molar-refractivity contribution in [3.63, 3.8) is 0 Å². The molecule has 1 aromatic carbocycles. The van der Waals surface area contributed by atoms with Gasteiger partial charge < -0.3 is 15.8 Å². The summed E-state index contributed by atoms with van der Waals surface area (Å²) in [6, 6.07) is 6.20. The number of nitrogens with one attached hydrogen (secondary N) is 2. The number of carboxylic acid groups (broad SMARTS) is 1. The minimum Gasteiger partial charge on any atom is -0.478 e. The first-order valence-corrected chi connectivity index (χ1v) is 5.64. The lowest BCUT2D eigenvalue weighted by molar-refractivity contribution is 0.0697. The Morgan fingerprint density at radius 1 is 1.25 bits per heavy atom. The highest BCUT2D eigenvalue weighted by atomic mass is 16.4. The van der Waals surface area contributed by atoms with E-state index in [1.165, 1.54) is 12.1 Å². The summed E-state index contributed by atoms with van der Waals surface area (Å²) in [6.45, 7) is 0. The minimum atomic E-state index is -1.04. The van der Waals surface area contributed by atoms with Crippen LogP contribution in [0, 0.1) is 0 Å². The molecule has 0 radical (unpaired) electrons. The van der Waals surface area contributed by atoms with Gasteiger partial charge in [-0.15, -0.1) is 0 Å². The molecule has 0 spiro atoms. The molecule has 3 rings (SSSR count). The lowest BCUT2D eigenvalue weighted by atomic mass is 10.1. The van der Waals surface area contributed by atoms with Crippen LogP contribution < -0.4 is 11.3 Å². The first-order chi connectivity index (χ1) is 9.54. The zero-order chi connectivity index (χ0) is 14.3. The Balaban J connectivity index is 2.20. The molecule has 8 heteroatoms. The summed E-state index contributed by atoms with van der Waals surface area (Å²) in [7, 11) is 0. The summed E-state index contributed by atoms with van der Waals surface area (Å²) in [5, 5.41) is 8.96. The summed E-state index contributed by atoms with van der Waals surface area (Å²) >= 11 is 0. The Labute approximate surface area is 111 Å². The van der Waals surface area contributed by atoms with E-state index in [0.29, 0.717) is 11.4 Å². The molecule has 0 aliphatic carbocycles. The van der Waals surface area contributed by atoms with Gasteiger partial charge in [-0.05, 0) is 12.1 Å². The van der Waals surface area contributed by atoms with Gasteiger partial charge in [-0.3, -0.25) is 9.78 Å². The number of H-pyrrole nitrogens is 2. The van der Waals surface area contributed by atoms with E-state index in [4.69, 9.17) is 10.8 Å². The number of anilines is 1. The third-order valence-electron chi connectivity index (χ3n) is 2.76. The van der Waals surface area contributed by atoms with Gasteiger partial charge in [0, 0.05) is 5.56 Å². The lowest BCUT2D eigenvalue weighted by Crippen LogP contribution is -2.10. The van der Waals surface area contributed by atoms with Crippen molar-refractivity contribution in [2.75, 3.05) is 5.73 Å². The molecule has 2 aromatic heterocycles. The number of aromatic carboxylic acids is 1. The smallest absolute Gasteiger partial charge is 0.335 e. The lowest BCUT2D eigenvalue weighted by Gasteiger charge is -1.98. The van der Waals surface area contributed by atoms with Crippen LogP contribution >= 0.6 is 0 Å². The van der Waals surface area contributed by atoms with Crippen LogP contribution in [0.2, 0.25) is 0 Å². The van der Waals surface area contributed by atoms with E-state index in [-0.39, 0.29) is 22.7 Å². The molecule has 3 aromatic rings. The van der Waals surface area contributed by atoms with Gasteiger partial charge in [-0.2, -0.15) is 4.98 Å². The average Bonchev–Trinajstić information content (AvgIpc) is 2.83. The molecule has 0 saturated carbocycles. The zero-order valence-corrected chi connectivity index (χ0v) is 10.0. The molecule has 0 aliphatic heterocycles. The highest BCUT2D eigenvalue weighted by Crippen LogP contribution is 2.19. The van der Waals surface area contributed by atoms with Gasteiger partial charge >= 0.3 is 5.97 Å². The van der Waals surface area contributed by atoms with Crippen LogP contribution in [0.15, 0.2) is 29.1 Å². The van der Waals surface area contributed by atoms with Gasteiger partial charge in [0.2, 0.25) is 5.95 Å². The van der Waals surface area contributed by atoms with Crippen LogP contribution in [-0.2, 0) is 0 Å². The molecular formula is C12H9N5O3. The Hall–Kier alpha value is -3.16. The van der Waals surface area contributed by atoms with Gasteiger partial charge in [0.05, 0.1) is 5.56 Å². The standard InChI is InChI=1S/C12H9N5O3/c13-12-16-9-7(10(18)17-12)14-8(15-9)5-2-1-3-6(4-5)11(19)20/h1-4H,(H,19,20)(H4,13,14,15,16,17,18). The van der Waals surface area contributed by atoms with E-state index < -0.39 is 11.5 Å². The van der Waals surface area contributed by atoms with Gasteiger partial charge in [0.25, 0.3) is 5.56 Å². The molecule has 0 amide bonds. The van der Waals surface area contributed by atoms with E-state index in [2.05, 4.69) is 19.9 Å². The van der Waals surface area contributed by atoms with Crippen molar-refractivity contribution in [1.29, 1.82) is 0 Å². The molecule has 0 unspecified atom stereocenters. The first kappa shape index (κ1) is 11.9. The summed E-state index contributed by atoms with van der Waals surface area (Å²) in [6.07, 6.45) is 0. The van der Waals surface area contributed by atoms with Crippen molar-refractivity contribution >= 4 is 23.1 Å². The van der Waals surface area contributed by atoms with E-state index in [9.17, 15) is 9.59 Å². The topological polar surface area (TPSA) is 138 Å². The second kappa shape index (κ2) is 4.19. The molecule has 20 heavy (non-hydrogen) atoms. The fourth-order valence-electron chi connectivity index (χ4n) is 1.86. The van der Waals surface area contributed by atoms with Gasteiger partial charge in [-0.1, -0.05) is 12.1 Å². The number of hydrogen-bond acceptors (Lipinski definition) is 5. The van der Waals surface area contributed by atoms with E-state index in [1.54, 1.807) is 12.1 Å². The number of aromatic amines is 2. The fourth-order valence-corrected chi connectivity index (χ4v) is 1.86. The van der Waals surface area contributed by atoms with Crippen molar-refractivity contribution in [1.82, 2.24) is 19.9 Å². The van der Waals surface area contributed by atoms with Crippen molar-refractivity contribution in [3.05, 3.63) is 40.2 Å². The summed E-state index contributed by atoms with van der Waals surface area (Å²) < 4.78 is 0. The minimum absolute atomic E-state index is 0.0279. The maximum atomic E-state index is 11.7. The monoisotopic (exact) mass is 271 g/mol. The van der Waals surface area contributed by atoms with Crippen LogP contribution in [0.3, 0.4) is 0 Å². The van der Waals surface area contributed by atoms with Crippen LogP contribution in [0.4, 0.5) is 5.95 Å². The maximum Gasteiger partial charge on any atom is 0.335 e. The van der Waals surface area contributed by atoms with E-state index in [1.807, 2.05) is 0 Å². The van der Waals surface area contributed by atoms with E-state index >= 15 is 0 Å². The van der Waals surface area contributed by atoms with Crippen molar-refractivity contribution in [2.24, 2.45) is 0 Å². The quantitative estimate of drug-likeness (QED) is 0.538. The zero-order valence-electron chi connectivity index (χ0n) is 10.0. The molecule has 5 N–H and O–H groups in total. The van der Waals surface area contributed by atoms with Crippen LogP contribution in [0.25, 0.3) is 22.6 Å². The number of nitrogens with two attached hydrogens (primary N) is 1. The van der Waals surface area contributed by atoms with Crippen molar-refractivity contribution < 1.29 is 9.90 Å². The molecule has 0 atom stereocenters. The third-order valence-corrected chi connectivity index (χ3v) is 2.76. The molecule has 0 bridgehead atoms. The number of benzene rings is 1. The van der Waals surface area contributed by atoms with E-state index in [0.717, 1.165) is 0 Å². The number of carbonyl (C=O) groups is 1.